The molecule has 106 valence electrons. The molecule has 6 nitrogen and oxygen atoms in total. The van der Waals surface area contributed by atoms with Gasteiger partial charge in [0.25, 0.3) is 9.05 Å². The molecule has 1 aromatic rings. The SMILES string of the molecule is Cc1nc(NC(=O)CC2CCCO2)sc1S(=O)(=O)Cl. The van der Waals surface area contributed by atoms with Gasteiger partial charge in [0.05, 0.1) is 18.2 Å². The molecule has 0 aromatic carbocycles. The summed E-state index contributed by atoms with van der Waals surface area (Å²) >= 11 is 0.849. The van der Waals surface area contributed by atoms with Gasteiger partial charge in [-0.3, -0.25) is 4.79 Å². The van der Waals surface area contributed by atoms with Crippen LogP contribution in [0.2, 0.25) is 0 Å². The average molecular weight is 325 g/mol. The summed E-state index contributed by atoms with van der Waals surface area (Å²) in [5.74, 6) is -0.237. The number of nitrogens with zero attached hydrogens (tertiary/aromatic N) is 1. The Hall–Kier alpha value is -0.700. The number of thiazole rings is 1. The van der Waals surface area contributed by atoms with Gasteiger partial charge in [-0.25, -0.2) is 13.4 Å². The van der Waals surface area contributed by atoms with E-state index in [2.05, 4.69) is 10.3 Å². The lowest BCUT2D eigenvalue weighted by Gasteiger charge is -2.07. The molecule has 2 heterocycles. The Labute approximate surface area is 119 Å². The molecule has 0 saturated carbocycles. The molecule has 0 bridgehead atoms. The summed E-state index contributed by atoms with van der Waals surface area (Å²) in [5.41, 5.74) is 0.285. The van der Waals surface area contributed by atoms with Crippen molar-refractivity contribution in [3.8, 4) is 0 Å². The van der Waals surface area contributed by atoms with E-state index >= 15 is 0 Å². The smallest absolute Gasteiger partial charge is 0.272 e. The number of amides is 1. The maximum Gasteiger partial charge on any atom is 0.272 e. The van der Waals surface area contributed by atoms with E-state index in [1.165, 1.54) is 6.92 Å². The summed E-state index contributed by atoms with van der Waals surface area (Å²) in [6.45, 7) is 2.21. The first-order valence-electron chi connectivity index (χ1n) is 5.70. The van der Waals surface area contributed by atoms with Crippen LogP contribution < -0.4 is 5.32 Å². The number of hydrogen-bond acceptors (Lipinski definition) is 6. The zero-order valence-electron chi connectivity index (χ0n) is 10.2. The zero-order valence-corrected chi connectivity index (χ0v) is 12.6. The highest BCUT2D eigenvalue weighted by atomic mass is 35.7. The monoisotopic (exact) mass is 324 g/mol. The fourth-order valence-electron chi connectivity index (χ4n) is 1.84. The number of rotatable bonds is 4. The lowest BCUT2D eigenvalue weighted by Crippen LogP contribution is -2.19. The fourth-order valence-corrected chi connectivity index (χ4v) is 4.21. The van der Waals surface area contributed by atoms with E-state index in [4.69, 9.17) is 15.4 Å². The van der Waals surface area contributed by atoms with Crippen LogP contribution in [0.4, 0.5) is 5.13 Å². The molecule has 2 rings (SSSR count). The number of carbonyl (C=O) groups excluding carboxylic acids is 1. The quantitative estimate of drug-likeness (QED) is 0.855. The Morgan fingerprint density at radius 2 is 2.37 bits per heavy atom. The van der Waals surface area contributed by atoms with Gasteiger partial charge >= 0.3 is 0 Å². The highest BCUT2D eigenvalue weighted by molar-refractivity contribution is 8.15. The first-order valence-corrected chi connectivity index (χ1v) is 8.82. The molecule has 1 amide bonds. The largest absolute Gasteiger partial charge is 0.378 e. The van der Waals surface area contributed by atoms with E-state index < -0.39 is 9.05 Å². The van der Waals surface area contributed by atoms with Gasteiger partial charge in [0.1, 0.15) is 0 Å². The Balaban J connectivity index is 2.01. The molecule has 0 spiro atoms. The molecule has 1 saturated heterocycles. The summed E-state index contributed by atoms with van der Waals surface area (Å²) in [6.07, 6.45) is 2.02. The molecule has 19 heavy (non-hydrogen) atoms. The van der Waals surface area contributed by atoms with Gasteiger partial charge in [0.2, 0.25) is 5.91 Å². The predicted octanol–water partition coefficient (Wildman–Crippen LogP) is 1.89. The molecule has 9 heteroatoms. The number of aromatic nitrogens is 1. The van der Waals surface area contributed by atoms with Crippen molar-refractivity contribution in [2.45, 2.75) is 36.5 Å². The molecule has 1 aromatic heterocycles. The van der Waals surface area contributed by atoms with Crippen molar-refractivity contribution in [2.75, 3.05) is 11.9 Å². The first-order chi connectivity index (χ1) is 8.86. The third kappa shape index (κ3) is 3.88. The van der Waals surface area contributed by atoms with E-state index in [0.717, 1.165) is 24.2 Å². The van der Waals surface area contributed by atoms with Crippen LogP contribution in [0.5, 0.6) is 0 Å². The van der Waals surface area contributed by atoms with Crippen LogP contribution in [0.3, 0.4) is 0 Å². The molecule has 1 atom stereocenters. The van der Waals surface area contributed by atoms with Crippen LogP contribution in [-0.2, 0) is 18.6 Å². The molecule has 1 fully saturated rings. The summed E-state index contributed by atoms with van der Waals surface area (Å²) in [6, 6.07) is 0. The second-order valence-corrected chi connectivity index (χ2v) is 7.98. The van der Waals surface area contributed by atoms with E-state index in [9.17, 15) is 13.2 Å². The summed E-state index contributed by atoms with van der Waals surface area (Å²) in [4.78, 5) is 15.7. The fraction of sp³-hybridized carbons (Fsp3) is 0.600. The predicted molar refractivity (Wildman–Crippen MR) is 72.1 cm³/mol. The maximum atomic E-state index is 11.7. The van der Waals surface area contributed by atoms with E-state index in [-0.39, 0.29) is 33.5 Å². The summed E-state index contributed by atoms with van der Waals surface area (Å²) in [7, 11) is 1.44. The Kier molecular flexibility index (Phi) is 4.44. The number of carbonyl (C=O) groups is 1. The average Bonchev–Trinajstić information content (AvgIpc) is 2.87. The van der Waals surface area contributed by atoms with Crippen molar-refractivity contribution >= 4 is 42.1 Å². The van der Waals surface area contributed by atoms with Crippen LogP contribution in [0.25, 0.3) is 0 Å². The van der Waals surface area contributed by atoms with Crippen molar-refractivity contribution < 1.29 is 17.9 Å². The first kappa shape index (κ1) is 14.7. The van der Waals surface area contributed by atoms with Gasteiger partial charge in [0.15, 0.2) is 9.34 Å². The van der Waals surface area contributed by atoms with Crippen molar-refractivity contribution in [1.29, 1.82) is 0 Å². The number of nitrogens with one attached hydrogen (secondary N) is 1. The minimum Gasteiger partial charge on any atom is -0.378 e. The molecule has 1 N–H and O–H groups in total. The number of halogens is 1. The van der Waals surface area contributed by atoms with Crippen molar-refractivity contribution in [3.63, 3.8) is 0 Å². The summed E-state index contributed by atoms with van der Waals surface area (Å²) < 4.78 is 27.8. The molecular formula is C10H13ClN2O4S2. The van der Waals surface area contributed by atoms with E-state index in [1.807, 2.05) is 0 Å². The highest BCUT2D eigenvalue weighted by Gasteiger charge is 2.22. The lowest BCUT2D eigenvalue weighted by atomic mass is 10.2. The minimum atomic E-state index is -3.82. The van der Waals surface area contributed by atoms with Crippen molar-refractivity contribution in [1.82, 2.24) is 4.98 Å². The number of anilines is 1. The van der Waals surface area contributed by atoms with Crippen LogP contribution in [0, 0.1) is 6.92 Å². The van der Waals surface area contributed by atoms with Crippen molar-refractivity contribution in [3.05, 3.63) is 5.69 Å². The van der Waals surface area contributed by atoms with Crippen LogP contribution in [0.1, 0.15) is 25.0 Å². The van der Waals surface area contributed by atoms with Crippen LogP contribution >= 0.6 is 22.0 Å². The van der Waals surface area contributed by atoms with Gasteiger partial charge in [0, 0.05) is 17.3 Å². The van der Waals surface area contributed by atoms with Gasteiger partial charge in [-0.1, -0.05) is 11.3 Å². The molecule has 1 unspecified atom stereocenters. The number of aryl methyl sites for hydroxylation is 1. The molecular weight excluding hydrogens is 312 g/mol. The molecule has 1 aliphatic rings. The Morgan fingerprint density at radius 1 is 1.63 bits per heavy atom. The van der Waals surface area contributed by atoms with E-state index in [0.29, 0.717) is 6.61 Å². The lowest BCUT2D eigenvalue weighted by molar-refractivity contribution is -0.118. The van der Waals surface area contributed by atoms with Gasteiger partial charge < -0.3 is 10.1 Å². The molecule has 1 aliphatic heterocycles. The molecule has 0 aliphatic carbocycles. The van der Waals surface area contributed by atoms with Gasteiger partial charge in [-0.2, -0.15) is 0 Å². The highest BCUT2D eigenvalue weighted by Crippen LogP contribution is 2.29. The van der Waals surface area contributed by atoms with Gasteiger partial charge in [-0.05, 0) is 19.8 Å². The van der Waals surface area contributed by atoms with Crippen LogP contribution in [-0.4, -0.2) is 32.0 Å². The Bertz CT molecular complexity index is 578. The van der Waals surface area contributed by atoms with Crippen molar-refractivity contribution in [2.24, 2.45) is 0 Å². The third-order valence-electron chi connectivity index (χ3n) is 2.66. The standard InChI is InChI=1S/C10H13ClN2O4S2/c1-6-9(19(11,15)16)18-10(12-6)13-8(14)5-7-3-2-4-17-7/h7H,2-5H2,1H3,(H,12,13,14). The Morgan fingerprint density at radius 3 is 2.89 bits per heavy atom. The van der Waals surface area contributed by atoms with E-state index in [1.54, 1.807) is 0 Å². The normalized spacial score (nSPS) is 19.6. The second-order valence-electron chi connectivity index (χ2n) is 4.22. The van der Waals surface area contributed by atoms with Crippen LogP contribution in [0.15, 0.2) is 4.21 Å². The third-order valence-corrected chi connectivity index (χ3v) is 5.91. The maximum absolute atomic E-state index is 11.7. The topological polar surface area (TPSA) is 85.4 Å². The summed E-state index contributed by atoms with van der Waals surface area (Å²) in [5, 5.41) is 2.80. The minimum absolute atomic E-state index is 0.0402. The molecule has 0 radical (unpaired) electrons. The number of hydrogen-bond donors (Lipinski definition) is 1. The number of ether oxygens (including phenoxy) is 1. The van der Waals surface area contributed by atoms with Gasteiger partial charge in [-0.15, -0.1) is 0 Å². The second kappa shape index (κ2) is 5.74. The zero-order chi connectivity index (χ0) is 14.0.